The van der Waals surface area contributed by atoms with Gasteiger partial charge in [-0.15, -0.1) is 0 Å². The van der Waals surface area contributed by atoms with E-state index in [1.165, 1.54) is 12.1 Å². The fourth-order valence-electron chi connectivity index (χ4n) is 3.93. The minimum absolute atomic E-state index is 0.0902. The Morgan fingerprint density at radius 3 is 2.88 bits per heavy atom. The van der Waals surface area contributed by atoms with Crippen LogP contribution in [-0.2, 0) is 4.79 Å². The van der Waals surface area contributed by atoms with E-state index >= 15 is 0 Å². The summed E-state index contributed by atoms with van der Waals surface area (Å²) < 4.78 is 14.0. The van der Waals surface area contributed by atoms with E-state index in [0.29, 0.717) is 36.0 Å². The Bertz CT molecular complexity index is 839. The lowest BCUT2D eigenvalue weighted by atomic mass is 10.0. The van der Waals surface area contributed by atoms with Gasteiger partial charge in [0.25, 0.3) is 5.91 Å². The predicted octanol–water partition coefficient (Wildman–Crippen LogP) is 2.60. The van der Waals surface area contributed by atoms with Gasteiger partial charge in [0.05, 0.1) is 11.1 Å². The SMILES string of the molecule is O=C(c1ccc(F)c2cccnc12)N1CCCC(N2CCCC2=O)C1. The van der Waals surface area contributed by atoms with Crippen LogP contribution in [0.3, 0.4) is 0 Å². The highest BCUT2D eigenvalue weighted by Crippen LogP contribution is 2.25. The number of nitrogens with zero attached hydrogens (tertiary/aromatic N) is 3. The van der Waals surface area contributed by atoms with Crippen molar-refractivity contribution in [3.63, 3.8) is 0 Å². The third kappa shape index (κ3) is 2.86. The number of halogens is 1. The van der Waals surface area contributed by atoms with Crippen LogP contribution in [0.4, 0.5) is 4.39 Å². The van der Waals surface area contributed by atoms with Crippen LogP contribution < -0.4 is 0 Å². The second kappa shape index (κ2) is 6.43. The largest absolute Gasteiger partial charge is 0.338 e. The van der Waals surface area contributed by atoms with Crippen molar-refractivity contribution in [2.75, 3.05) is 19.6 Å². The van der Waals surface area contributed by atoms with Gasteiger partial charge in [0.1, 0.15) is 5.82 Å². The number of carbonyl (C=O) groups is 2. The zero-order valence-corrected chi connectivity index (χ0v) is 13.9. The molecular formula is C19H20FN3O2. The van der Waals surface area contributed by atoms with Crippen molar-refractivity contribution in [1.29, 1.82) is 0 Å². The van der Waals surface area contributed by atoms with Crippen LogP contribution >= 0.6 is 0 Å². The molecule has 0 saturated carbocycles. The number of likely N-dealkylation sites (tertiary alicyclic amines) is 2. The monoisotopic (exact) mass is 341 g/mol. The third-order valence-electron chi connectivity index (χ3n) is 5.18. The van der Waals surface area contributed by atoms with Gasteiger partial charge < -0.3 is 9.80 Å². The van der Waals surface area contributed by atoms with Gasteiger partial charge in [-0.2, -0.15) is 0 Å². The predicted molar refractivity (Wildman–Crippen MR) is 91.6 cm³/mol. The molecule has 4 rings (SSSR count). The topological polar surface area (TPSA) is 53.5 Å². The van der Waals surface area contributed by atoms with Gasteiger partial charge in [-0.3, -0.25) is 14.6 Å². The Morgan fingerprint density at radius 1 is 1.20 bits per heavy atom. The number of aromatic nitrogens is 1. The fourth-order valence-corrected chi connectivity index (χ4v) is 3.93. The van der Waals surface area contributed by atoms with E-state index in [4.69, 9.17) is 0 Å². The van der Waals surface area contributed by atoms with Crippen LogP contribution in [0.5, 0.6) is 0 Å². The van der Waals surface area contributed by atoms with Crippen LogP contribution in [0.15, 0.2) is 30.5 Å². The molecule has 3 heterocycles. The molecule has 1 unspecified atom stereocenters. The summed E-state index contributed by atoms with van der Waals surface area (Å²) in [6, 6.07) is 6.22. The summed E-state index contributed by atoms with van der Waals surface area (Å²) in [6.45, 7) is 1.98. The van der Waals surface area contributed by atoms with E-state index in [2.05, 4.69) is 4.98 Å². The Kier molecular flexibility index (Phi) is 4.11. The quantitative estimate of drug-likeness (QED) is 0.844. The number of piperidine rings is 1. The number of fused-ring (bicyclic) bond motifs is 1. The molecule has 130 valence electrons. The molecule has 2 aromatic rings. The molecule has 2 aliphatic rings. The maximum Gasteiger partial charge on any atom is 0.256 e. The van der Waals surface area contributed by atoms with E-state index in [9.17, 15) is 14.0 Å². The van der Waals surface area contributed by atoms with Crippen LogP contribution in [0.2, 0.25) is 0 Å². The maximum absolute atomic E-state index is 14.0. The number of rotatable bonds is 2. The van der Waals surface area contributed by atoms with Crippen LogP contribution in [0, 0.1) is 5.82 Å². The molecule has 2 fully saturated rings. The van der Waals surface area contributed by atoms with Gasteiger partial charge in [0, 0.05) is 43.7 Å². The summed E-state index contributed by atoms with van der Waals surface area (Å²) in [6.07, 6.45) is 4.87. The van der Waals surface area contributed by atoms with Gasteiger partial charge in [-0.05, 0) is 43.5 Å². The molecule has 0 bridgehead atoms. The van der Waals surface area contributed by atoms with E-state index in [-0.39, 0.29) is 23.7 Å². The van der Waals surface area contributed by atoms with Crippen molar-refractivity contribution in [2.24, 2.45) is 0 Å². The Balaban J connectivity index is 1.61. The molecule has 0 aliphatic carbocycles. The standard InChI is InChI=1S/C19H20FN3O2/c20-16-8-7-15(18-14(16)5-1-9-21-18)19(25)22-10-2-4-13(12-22)23-11-3-6-17(23)24/h1,5,7-9,13H,2-4,6,10-12H2. The van der Waals surface area contributed by atoms with Crippen molar-refractivity contribution in [3.8, 4) is 0 Å². The van der Waals surface area contributed by atoms with Gasteiger partial charge in [0.2, 0.25) is 5.91 Å². The van der Waals surface area contributed by atoms with Crippen molar-refractivity contribution < 1.29 is 14.0 Å². The summed E-state index contributed by atoms with van der Waals surface area (Å²) >= 11 is 0. The number of pyridine rings is 1. The Hall–Kier alpha value is -2.50. The normalized spacial score (nSPS) is 21.2. The summed E-state index contributed by atoms with van der Waals surface area (Å²) in [5.41, 5.74) is 0.817. The lowest BCUT2D eigenvalue weighted by Gasteiger charge is -2.37. The maximum atomic E-state index is 14.0. The Labute approximate surface area is 145 Å². The number of carbonyl (C=O) groups excluding carboxylic acids is 2. The number of hydrogen-bond acceptors (Lipinski definition) is 3. The first kappa shape index (κ1) is 16.0. The van der Waals surface area contributed by atoms with E-state index < -0.39 is 0 Å². The zero-order chi connectivity index (χ0) is 17.4. The summed E-state index contributed by atoms with van der Waals surface area (Å²) in [4.78, 5) is 32.9. The second-order valence-corrected chi connectivity index (χ2v) is 6.73. The summed E-state index contributed by atoms with van der Waals surface area (Å²) in [7, 11) is 0. The average Bonchev–Trinajstić information content (AvgIpc) is 3.08. The molecule has 2 aliphatic heterocycles. The van der Waals surface area contributed by atoms with E-state index in [0.717, 1.165) is 25.8 Å². The molecule has 1 aromatic carbocycles. The average molecular weight is 341 g/mol. The number of hydrogen-bond donors (Lipinski definition) is 0. The molecular weight excluding hydrogens is 321 g/mol. The highest BCUT2D eigenvalue weighted by Gasteiger charge is 2.33. The zero-order valence-electron chi connectivity index (χ0n) is 13.9. The molecule has 5 nitrogen and oxygen atoms in total. The molecule has 2 amide bonds. The van der Waals surface area contributed by atoms with Crippen molar-refractivity contribution >= 4 is 22.7 Å². The first-order valence-electron chi connectivity index (χ1n) is 8.77. The molecule has 0 spiro atoms. The van der Waals surface area contributed by atoms with Crippen LogP contribution in [0.1, 0.15) is 36.0 Å². The van der Waals surface area contributed by atoms with Gasteiger partial charge in [-0.25, -0.2) is 4.39 Å². The molecule has 0 N–H and O–H groups in total. The molecule has 1 aromatic heterocycles. The van der Waals surface area contributed by atoms with Gasteiger partial charge in [-0.1, -0.05) is 0 Å². The minimum Gasteiger partial charge on any atom is -0.338 e. The second-order valence-electron chi connectivity index (χ2n) is 6.73. The molecule has 1 atom stereocenters. The van der Waals surface area contributed by atoms with Crippen LogP contribution in [-0.4, -0.2) is 52.3 Å². The summed E-state index contributed by atoms with van der Waals surface area (Å²) in [5.74, 6) is -0.327. The van der Waals surface area contributed by atoms with Crippen molar-refractivity contribution in [1.82, 2.24) is 14.8 Å². The molecule has 25 heavy (non-hydrogen) atoms. The number of benzene rings is 1. The van der Waals surface area contributed by atoms with E-state index in [1.807, 2.05) is 4.90 Å². The Morgan fingerprint density at radius 2 is 2.08 bits per heavy atom. The minimum atomic E-state index is -0.376. The van der Waals surface area contributed by atoms with Gasteiger partial charge in [0.15, 0.2) is 0 Å². The first-order valence-corrected chi connectivity index (χ1v) is 8.77. The highest BCUT2D eigenvalue weighted by molar-refractivity contribution is 6.05. The van der Waals surface area contributed by atoms with Crippen molar-refractivity contribution in [2.45, 2.75) is 31.7 Å². The van der Waals surface area contributed by atoms with Crippen LogP contribution in [0.25, 0.3) is 10.9 Å². The number of amides is 2. The summed E-state index contributed by atoms with van der Waals surface area (Å²) in [5, 5.41) is 0.358. The first-order chi connectivity index (χ1) is 12.1. The van der Waals surface area contributed by atoms with E-state index in [1.54, 1.807) is 23.2 Å². The molecule has 0 radical (unpaired) electrons. The highest BCUT2D eigenvalue weighted by atomic mass is 19.1. The lowest BCUT2D eigenvalue weighted by molar-refractivity contribution is -0.130. The third-order valence-corrected chi connectivity index (χ3v) is 5.18. The fraction of sp³-hybridized carbons (Fsp3) is 0.421. The van der Waals surface area contributed by atoms with Gasteiger partial charge >= 0.3 is 0 Å². The molecule has 2 saturated heterocycles. The lowest BCUT2D eigenvalue weighted by Crippen LogP contribution is -2.50. The van der Waals surface area contributed by atoms with Crippen molar-refractivity contribution in [3.05, 3.63) is 41.8 Å². The molecule has 6 heteroatoms. The smallest absolute Gasteiger partial charge is 0.256 e.